The Morgan fingerprint density at radius 1 is 0.971 bits per heavy atom. The average molecular weight is 469 g/mol. The molecule has 1 aliphatic heterocycles. The molecule has 0 bridgehead atoms. The molecule has 1 atom stereocenters. The molecule has 6 heteroatoms. The van der Waals surface area contributed by atoms with Gasteiger partial charge in [-0.05, 0) is 97.6 Å². The summed E-state index contributed by atoms with van der Waals surface area (Å²) >= 11 is 0. The lowest BCUT2D eigenvalue weighted by Gasteiger charge is -2.52. The number of hydroxylamine groups is 2. The summed E-state index contributed by atoms with van der Waals surface area (Å²) in [4.78, 5) is 18.7. The molecule has 1 saturated heterocycles. The molecule has 0 spiro atoms. The lowest BCUT2D eigenvalue weighted by Crippen LogP contribution is -2.58. The minimum atomic E-state index is -0.545. The molecule has 3 rings (SSSR count). The number of nitrogens with one attached hydrogen (secondary N) is 1. The molecule has 0 aliphatic carbocycles. The van der Waals surface area contributed by atoms with Crippen molar-refractivity contribution in [2.24, 2.45) is 0 Å². The van der Waals surface area contributed by atoms with Crippen LogP contribution in [0.25, 0.3) is 0 Å². The van der Waals surface area contributed by atoms with Crippen LogP contribution in [0, 0.1) is 0 Å². The summed E-state index contributed by atoms with van der Waals surface area (Å²) in [6, 6.07) is 17.5. The molecule has 2 aromatic carbocycles. The third-order valence-electron chi connectivity index (χ3n) is 5.98. The van der Waals surface area contributed by atoms with E-state index in [9.17, 15) is 4.79 Å². The zero-order valence-corrected chi connectivity index (χ0v) is 21.7. The molecule has 1 heterocycles. The molecule has 186 valence electrons. The molecule has 1 fully saturated rings. The summed E-state index contributed by atoms with van der Waals surface area (Å²) in [5, 5.41) is 4.92. The summed E-state index contributed by atoms with van der Waals surface area (Å²) in [6.07, 6.45) is 2.63. The zero-order valence-electron chi connectivity index (χ0n) is 21.7. The normalized spacial score (nSPS) is 18.7. The van der Waals surface area contributed by atoms with Crippen molar-refractivity contribution < 1.29 is 19.1 Å². The highest BCUT2D eigenvalue weighted by Crippen LogP contribution is 2.40. The van der Waals surface area contributed by atoms with Crippen molar-refractivity contribution in [3.05, 3.63) is 60.2 Å². The fourth-order valence-electron chi connectivity index (χ4n) is 4.47. The first-order valence-electron chi connectivity index (χ1n) is 12.1. The van der Waals surface area contributed by atoms with Crippen molar-refractivity contribution in [2.45, 2.75) is 90.5 Å². The predicted molar refractivity (Wildman–Crippen MR) is 136 cm³/mol. The topological polar surface area (TPSA) is 60.0 Å². The van der Waals surface area contributed by atoms with Crippen LogP contribution in [-0.2, 0) is 9.57 Å². The standard InChI is InChI=1S/C28H40N2O4/c1-26(2,3)33-25(31)29-22-14-16-23(17-15-22)32-20-24(21-12-9-8-10-13-21)34-30-27(4,5)18-11-19-28(30,6)7/h8-10,12-17,24H,11,18-20H2,1-7H3,(H,29,31). The third kappa shape index (κ3) is 7.21. The van der Waals surface area contributed by atoms with Gasteiger partial charge >= 0.3 is 6.09 Å². The van der Waals surface area contributed by atoms with Crippen LogP contribution in [0.4, 0.5) is 10.5 Å². The van der Waals surface area contributed by atoms with E-state index >= 15 is 0 Å². The number of nitrogens with zero attached hydrogens (tertiary/aromatic N) is 1. The Balaban J connectivity index is 1.69. The fourth-order valence-corrected chi connectivity index (χ4v) is 4.47. The van der Waals surface area contributed by atoms with Crippen LogP contribution in [0.5, 0.6) is 5.75 Å². The van der Waals surface area contributed by atoms with E-state index in [1.165, 1.54) is 6.42 Å². The van der Waals surface area contributed by atoms with Crippen LogP contribution in [0.3, 0.4) is 0 Å². The van der Waals surface area contributed by atoms with Gasteiger partial charge in [0.2, 0.25) is 0 Å². The number of hydrogen-bond acceptors (Lipinski definition) is 5. The van der Waals surface area contributed by atoms with Crippen LogP contribution >= 0.6 is 0 Å². The SMILES string of the molecule is CC(C)(C)OC(=O)Nc1ccc(OCC(ON2C(C)(C)CCCC2(C)C)c2ccccc2)cc1. The Bertz CT molecular complexity index is 917. The number of anilines is 1. The van der Waals surface area contributed by atoms with Gasteiger partial charge in [0.05, 0.1) is 0 Å². The Morgan fingerprint density at radius 3 is 2.12 bits per heavy atom. The second-order valence-corrected chi connectivity index (χ2v) is 11.2. The van der Waals surface area contributed by atoms with Gasteiger partial charge in [-0.25, -0.2) is 4.79 Å². The monoisotopic (exact) mass is 468 g/mol. The second kappa shape index (κ2) is 10.4. The number of piperidine rings is 1. The number of amides is 1. The minimum absolute atomic E-state index is 0.0657. The number of carbonyl (C=O) groups is 1. The first-order valence-corrected chi connectivity index (χ1v) is 12.1. The van der Waals surface area contributed by atoms with Crippen molar-refractivity contribution in [3.63, 3.8) is 0 Å². The number of hydrogen-bond donors (Lipinski definition) is 1. The number of ether oxygens (including phenoxy) is 2. The first kappa shape index (κ1) is 26.0. The maximum absolute atomic E-state index is 12.0. The van der Waals surface area contributed by atoms with Crippen LogP contribution < -0.4 is 10.1 Å². The molecule has 1 amide bonds. The molecule has 2 aromatic rings. The van der Waals surface area contributed by atoms with Crippen molar-refractivity contribution in [1.29, 1.82) is 0 Å². The van der Waals surface area contributed by atoms with Gasteiger partial charge < -0.3 is 9.47 Å². The molecule has 0 radical (unpaired) electrons. The van der Waals surface area contributed by atoms with Crippen LogP contribution in [-0.4, -0.2) is 34.4 Å². The van der Waals surface area contributed by atoms with Gasteiger partial charge in [-0.2, -0.15) is 5.06 Å². The summed E-state index contributed by atoms with van der Waals surface area (Å²) in [5.41, 5.74) is 1.04. The minimum Gasteiger partial charge on any atom is -0.490 e. The van der Waals surface area contributed by atoms with Crippen molar-refractivity contribution in [2.75, 3.05) is 11.9 Å². The van der Waals surface area contributed by atoms with E-state index in [1.807, 2.05) is 51.1 Å². The molecule has 0 saturated carbocycles. The lowest BCUT2D eigenvalue weighted by molar-refractivity contribution is -0.310. The highest BCUT2D eigenvalue weighted by Gasteiger charge is 2.43. The maximum Gasteiger partial charge on any atom is 0.412 e. The van der Waals surface area contributed by atoms with Crippen molar-refractivity contribution >= 4 is 11.8 Å². The highest BCUT2D eigenvalue weighted by molar-refractivity contribution is 5.84. The fraction of sp³-hybridized carbons (Fsp3) is 0.536. The van der Waals surface area contributed by atoms with Gasteiger partial charge in [-0.15, -0.1) is 0 Å². The van der Waals surface area contributed by atoms with E-state index in [1.54, 1.807) is 12.1 Å². The van der Waals surface area contributed by atoms with Gasteiger partial charge in [0.1, 0.15) is 24.1 Å². The molecule has 6 nitrogen and oxygen atoms in total. The molecular weight excluding hydrogens is 428 g/mol. The second-order valence-electron chi connectivity index (χ2n) is 11.2. The summed E-state index contributed by atoms with van der Waals surface area (Å²) in [6.45, 7) is 14.8. The van der Waals surface area contributed by atoms with E-state index < -0.39 is 11.7 Å². The van der Waals surface area contributed by atoms with Crippen LogP contribution in [0.2, 0.25) is 0 Å². The average Bonchev–Trinajstić information content (AvgIpc) is 2.72. The molecular formula is C28H40N2O4. The summed E-state index contributed by atoms with van der Waals surface area (Å²) in [7, 11) is 0. The summed E-state index contributed by atoms with van der Waals surface area (Å²) in [5.74, 6) is 0.705. The molecule has 34 heavy (non-hydrogen) atoms. The van der Waals surface area contributed by atoms with E-state index in [4.69, 9.17) is 14.3 Å². The maximum atomic E-state index is 12.0. The lowest BCUT2D eigenvalue weighted by atomic mass is 9.82. The smallest absolute Gasteiger partial charge is 0.412 e. The third-order valence-corrected chi connectivity index (χ3v) is 5.98. The van der Waals surface area contributed by atoms with Gasteiger partial charge in [0.15, 0.2) is 0 Å². The zero-order chi connectivity index (χ0) is 25.0. The molecule has 1 aliphatic rings. The van der Waals surface area contributed by atoms with E-state index in [-0.39, 0.29) is 17.2 Å². The Labute approximate surface area is 204 Å². The van der Waals surface area contributed by atoms with Gasteiger partial charge in [0.25, 0.3) is 0 Å². The first-order chi connectivity index (χ1) is 15.9. The molecule has 1 N–H and O–H groups in total. The number of rotatable bonds is 7. The van der Waals surface area contributed by atoms with Gasteiger partial charge in [-0.1, -0.05) is 30.3 Å². The predicted octanol–water partition coefficient (Wildman–Crippen LogP) is 7.13. The number of benzene rings is 2. The number of carbonyl (C=O) groups excluding carboxylic acids is 1. The van der Waals surface area contributed by atoms with Crippen LogP contribution in [0.15, 0.2) is 54.6 Å². The molecule has 0 aromatic heterocycles. The van der Waals surface area contributed by atoms with Gasteiger partial charge in [0, 0.05) is 16.8 Å². The van der Waals surface area contributed by atoms with Gasteiger partial charge in [-0.3, -0.25) is 10.2 Å². The Kier molecular flexibility index (Phi) is 7.94. The highest BCUT2D eigenvalue weighted by atomic mass is 16.7. The van der Waals surface area contributed by atoms with Crippen LogP contribution in [0.1, 0.15) is 79.4 Å². The largest absolute Gasteiger partial charge is 0.490 e. The van der Waals surface area contributed by atoms with E-state index in [2.05, 4.69) is 50.2 Å². The van der Waals surface area contributed by atoms with E-state index in [0.29, 0.717) is 18.0 Å². The Hall–Kier alpha value is -2.57. The van der Waals surface area contributed by atoms with E-state index in [0.717, 1.165) is 18.4 Å². The van der Waals surface area contributed by atoms with Crippen molar-refractivity contribution in [1.82, 2.24) is 5.06 Å². The molecule has 1 unspecified atom stereocenters. The van der Waals surface area contributed by atoms with Crippen molar-refractivity contribution in [3.8, 4) is 5.75 Å². The quantitative estimate of drug-likeness (QED) is 0.468. The Morgan fingerprint density at radius 2 is 1.56 bits per heavy atom. The summed E-state index contributed by atoms with van der Waals surface area (Å²) < 4.78 is 11.4.